The molecule has 0 atom stereocenters. The van der Waals surface area contributed by atoms with E-state index in [2.05, 4.69) is 108 Å². The molecule has 0 aliphatic rings. The van der Waals surface area contributed by atoms with Crippen molar-refractivity contribution in [3.63, 3.8) is 0 Å². The third-order valence-electron chi connectivity index (χ3n) is 8.60. The second kappa shape index (κ2) is 15.2. The van der Waals surface area contributed by atoms with Gasteiger partial charge in [0.05, 0.1) is 11.3 Å². The van der Waals surface area contributed by atoms with Crippen molar-refractivity contribution in [1.29, 1.82) is 0 Å². The Bertz CT molecular complexity index is 2070. The summed E-state index contributed by atoms with van der Waals surface area (Å²) in [6, 6.07) is 37.3. The molecular formula is C43H41IrN3O-2. The van der Waals surface area contributed by atoms with Crippen molar-refractivity contribution >= 4 is 22.1 Å². The molecule has 0 spiro atoms. The Morgan fingerprint density at radius 3 is 2.00 bits per heavy atom. The van der Waals surface area contributed by atoms with Gasteiger partial charge in [-0.25, -0.2) is 4.98 Å². The van der Waals surface area contributed by atoms with Crippen LogP contribution in [0.15, 0.2) is 108 Å². The van der Waals surface area contributed by atoms with Gasteiger partial charge in [0, 0.05) is 43.4 Å². The average molecular weight is 808 g/mol. The van der Waals surface area contributed by atoms with E-state index in [9.17, 15) is 0 Å². The van der Waals surface area contributed by atoms with Crippen LogP contribution in [0.3, 0.4) is 0 Å². The molecule has 4 aromatic heterocycles. The molecule has 0 aliphatic carbocycles. The zero-order valence-corrected chi connectivity index (χ0v) is 31.0. The van der Waals surface area contributed by atoms with Crippen LogP contribution in [0.1, 0.15) is 81.5 Å². The zero-order valence-electron chi connectivity index (χ0n) is 28.6. The van der Waals surface area contributed by atoms with E-state index in [1.165, 1.54) is 27.8 Å². The molecule has 3 aromatic carbocycles. The van der Waals surface area contributed by atoms with Gasteiger partial charge >= 0.3 is 0 Å². The quantitative estimate of drug-likeness (QED) is 0.157. The number of furan rings is 1. The van der Waals surface area contributed by atoms with E-state index in [1.54, 1.807) is 6.20 Å². The first-order chi connectivity index (χ1) is 22.7. The first-order valence-electron chi connectivity index (χ1n) is 16.4. The molecule has 48 heavy (non-hydrogen) atoms. The SMILES string of the molecule is Cc1cnc(-c2[c-]ccc3c2oc2nc(-c4c(C(C)C)cccc4C(C)C)ccc23)cc1C(C)C.[Ir].[c-]1ccccc1-c1ccccn1. The van der Waals surface area contributed by atoms with Gasteiger partial charge in [0.1, 0.15) is 0 Å². The van der Waals surface area contributed by atoms with Crippen molar-refractivity contribution < 1.29 is 24.5 Å². The van der Waals surface area contributed by atoms with E-state index >= 15 is 0 Å². The molecule has 245 valence electrons. The summed E-state index contributed by atoms with van der Waals surface area (Å²) in [6.45, 7) is 15.5. The monoisotopic (exact) mass is 808 g/mol. The summed E-state index contributed by atoms with van der Waals surface area (Å²) in [7, 11) is 0. The summed E-state index contributed by atoms with van der Waals surface area (Å²) in [6.07, 6.45) is 3.74. The van der Waals surface area contributed by atoms with Crippen LogP contribution in [-0.2, 0) is 20.1 Å². The van der Waals surface area contributed by atoms with E-state index in [0.717, 1.165) is 44.6 Å². The molecule has 0 bridgehead atoms. The number of rotatable bonds is 6. The maximum Gasteiger partial charge on any atom is 0.216 e. The fourth-order valence-electron chi connectivity index (χ4n) is 6.17. The summed E-state index contributed by atoms with van der Waals surface area (Å²) in [4.78, 5) is 14.0. The minimum atomic E-state index is 0. The van der Waals surface area contributed by atoms with Crippen LogP contribution < -0.4 is 0 Å². The van der Waals surface area contributed by atoms with E-state index in [-0.39, 0.29) is 20.1 Å². The number of pyridine rings is 3. The molecule has 7 rings (SSSR count). The minimum Gasteiger partial charge on any atom is -0.486 e. The Labute approximate surface area is 298 Å². The van der Waals surface area contributed by atoms with Gasteiger partial charge in [0.15, 0.2) is 0 Å². The van der Waals surface area contributed by atoms with Crippen molar-refractivity contribution in [2.24, 2.45) is 0 Å². The Kier molecular flexibility index (Phi) is 11.0. The Morgan fingerprint density at radius 2 is 1.35 bits per heavy atom. The summed E-state index contributed by atoms with van der Waals surface area (Å²) >= 11 is 0. The topological polar surface area (TPSA) is 51.8 Å². The standard InChI is InChI=1S/C32H33N2O.C11H8N.Ir/c1-18(2)22-10-8-11-23(19(3)4)30(22)28-15-14-25-24-12-9-13-26(31(24)35-32(25)34-28)29-16-27(20(5)6)21(7)17-33-29;1-2-6-10(7-3-1)11-8-4-5-9-12-11;/h8-12,14-20H,1-7H3;1-6,8-9H;/q2*-1;. The number of fused-ring (bicyclic) bond motifs is 3. The summed E-state index contributed by atoms with van der Waals surface area (Å²) < 4.78 is 6.45. The molecule has 0 unspecified atom stereocenters. The zero-order chi connectivity index (χ0) is 33.1. The van der Waals surface area contributed by atoms with Crippen LogP contribution in [0.2, 0.25) is 0 Å². The number of nitrogens with zero attached hydrogens (tertiary/aromatic N) is 3. The molecule has 7 aromatic rings. The molecule has 1 radical (unpaired) electrons. The second-order valence-corrected chi connectivity index (χ2v) is 12.9. The van der Waals surface area contributed by atoms with Crippen molar-refractivity contribution in [3.8, 4) is 33.8 Å². The first-order valence-corrected chi connectivity index (χ1v) is 16.4. The molecule has 0 saturated heterocycles. The predicted octanol–water partition coefficient (Wildman–Crippen LogP) is 11.7. The molecule has 0 amide bonds. The first kappa shape index (κ1) is 34.9. The molecule has 4 nitrogen and oxygen atoms in total. The number of hydrogen-bond donors (Lipinski definition) is 0. The van der Waals surface area contributed by atoms with Gasteiger partial charge < -0.3 is 14.4 Å². The molecule has 0 saturated carbocycles. The van der Waals surface area contributed by atoms with Gasteiger partial charge in [-0.3, -0.25) is 0 Å². The largest absolute Gasteiger partial charge is 0.486 e. The Balaban J connectivity index is 0.000000291. The van der Waals surface area contributed by atoms with Crippen LogP contribution >= 0.6 is 0 Å². The van der Waals surface area contributed by atoms with Crippen LogP contribution in [0.5, 0.6) is 0 Å². The number of benzene rings is 3. The summed E-state index contributed by atoms with van der Waals surface area (Å²) in [5.41, 5.74) is 12.6. The van der Waals surface area contributed by atoms with E-state index in [0.29, 0.717) is 23.5 Å². The van der Waals surface area contributed by atoms with Crippen LogP contribution in [0, 0.1) is 19.1 Å². The van der Waals surface area contributed by atoms with Crippen molar-refractivity contribution in [1.82, 2.24) is 15.0 Å². The average Bonchev–Trinajstić information content (AvgIpc) is 3.47. The van der Waals surface area contributed by atoms with E-state index in [4.69, 9.17) is 14.4 Å². The Hall–Kier alpha value is -4.44. The van der Waals surface area contributed by atoms with E-state index in [1.807, 2.05) is 54.7 Å². The molecule has 0 aliphatic heterocycles. The van der Waals surface area contributed by atoms with Crippen LogP contribution in [0.25, 0.3) is 55.8 Å². The molecule has 0 fully saturated rings. The summed E-state index contributed by atoms with van der Waals surface area (Å²) in [5.74, 6) is 1.23. The van der Waals surface area contributed by atoms with Crippen LogP contribution in [0.4, 0.5) is 0 Å². The van der Waals surface area contributed by atoms with Gasteiger partial charge in [-0.15, -0.1) is 54.1 Å². The fraction of sp³-hybridized carbons (Fsp3) is 0.233. The Morgan fingerprint density at radius 1 is 0.625 bits per heavy atom. The second-order valence-electron chi connectivity index (χ2n) is 12.9. The molecule has 0 N–H and O–H groups in total. The van der Waals surface area contributed by atoms with Crippen molar-refractivity contribution in [2.75, 3.05) is 0 Å². The minimum absolute atomic E-state index is 0. The van der Waals surface area contributed by atoms with Crippen molar-refractivity contribution in [2.45, 2.75) is 66.2 Å². The number of aromatic nitrogens is 3. The predicted molar refractivity (Wildman–Crippen MR) is 195 cm³/mol. The third kappa shape index (κ3) is 7.18. The number of hydrogen-bond acceptors (Lipinski definition) is 4. The number of aryl methyl sites for hydroxylation is 1. The van der Waals surface area contributed by atoms with Gasteiger partial charge in [0.2, 0.25) is 5.71 Å². The third-order valence-corrected chi connectivity index (χ3v) is 8.60. The maximum absolute atomic E-state index is 6.45. The molecule has 5 heteroatoms. The van der Waals surface area contributed by atoms with Crippen LogP contribution in [-0.4, -0.2) is 15.0 Å². The summed E-state index contributed by atoms with van der Waals surface area (Å²) in [5, 5.41) is 2.06. The van der Waals surface area contributed by atoms with Gasteiger partial charge in [-0.05, 0) is 76.5 Å². The smallest absolute Gasteiger partial charge is 0.216 e. The van der Waals surface area contributed by atoms with Gasteiger partial charge in [-0.2, -0.15) is 0 Å². The van der Waals surface area contributed by atoms with Gasteiger partial charge in [0.25, 0.3) is 0 Å². The molecular weight excluding hydrogens is 767 g/mol. The van der Waals surface area contributed by atoms with Gasteiger partial charge in [-0.1, -0.05) is 88.9 Å². The molecule has 4 heterocycles. The normalized spacial score (nSPS) is 11.2. The van der Waals surface area contributed by atoms with Crippen molar-refractivity contribution in [3.05, 3.63) is 138 Å². The fourth-order valence-corrected chi connectivity index (χ4v) is 6.17. The maximum atomic E-state index is 6.45. The van der Waals surface area contributed by atoms with E-state index < -0.39 is 0 Å².